The fourth-order valence-corrected chi connectivity index (χ4v) is 4.41. The number of pyridine rings is 2. The Labute approximate surface area is 216 Å². The lowest BCUT2D eigenvalue weighted by Gasteiger charge is -2.19. The van der Waals surface area contributed by atoms with Gasteiger partial charge in [0.15, 0.2) is 22.7 Å². The smallest absolute Gasteiger partial charge is 0.196 e. The predicted molar refractivity (Wildman–Crippen MR) is 140 cm³/mol. The number of nitrogens with two attached hydrogens (primary N) is 1. The molecule has 0 aliphatic heterocycles. The summed E-state index contributed by atoms with van der Waals surface area (Å²) in [5.74, 6) is 0.367. The third-order valence-electron chi connectivity index (χ3n) is 6.02. The zero-order chi connectivity index (χ0) is 26.4. The van der Waals surface area contributed by atoms with Gasteiger partial charge in [0.2, 0.25) is 0 Å². The molecule has 1 aromatic carbocycles. The zero-order valence-electron chi connectivity index (χ0n) is 20.5. The van der Waals surface area contributed by atoms with Crippen LogP contribution in [-0.4, -0.2) is 30.8 Å². The lowest BCUT2D eigenvalue weighted by Crippen LogP contribution is -2.18. The lowest BCUT2D eigenvalue weighted by atomic mass is 10.0. The molecule has 0 radical (unpaired) electrons. The first-order chi connectivity index (χ1) is 17.7. The van der Waals surface area contributed by atoms with E-state index in [0.717, 1.165) is 11.1 Å². The molecule has 37 heavy (non-hydrogen) atoms. The molecule has 4 aromatic heterocycles. The van der Waals surface area contributed by atoms with Crippen LogP contribution in [0.2, 0.25) is 5.15 Å². The molecule has 1 atom stereocenters. The zero-order valence-corrected chi connectivity index (χ0v) is 21.2. The fraction of sp³-hybridized carbons (Fsp3) is 0.192. The van der Waals surface area contributed by atoms with Crippen molar-refractivity contribution in [2.24, 2.45) is 17.9 Å². The summed E-state index contributed by atoms with van der Waals surface area (Å²) in [5, 5.41) is 17.1. The van der Waals surface area contributed by atoms with Gasteiger partial charge in [-0.2, -0.15) is 5.10 Å². The Hall–Kier alpha value is -4.44. The molecule has 0 spiro atoms. The molecule has 188 valence electrons. The molecule has 0 aliphatic rings. The van der Waals surface area contributed by atoms with Crippen LogP contribution in [0.5, 0.6) is 5.75 Å². The van der Waals surface area contributed by atoms with Crippen LogP contribution in [0.1, 0.15) is 35.4 Å². The summed E-state index contributed by atoms with van der Waals surface area (Å²) in [6, 6.07) is 10.4. The van der Waals surface area contributed by atoms with Crippen molar-refractivity contribution < 1.29 is 14.4 Å². The van der Waals surface area contributed by atoms with Gasteiger partial charge in [-0.3, -0.25) is 9.48 Å². The number of hydrogen-bond acceptors (Lipinski definition) is 8. The molecular weight excluding hydrogens is 496 g/mol. The summed E-state index contributed by atoms with van der Waals surface area (Å²) in [5.41, 5.74) is 9.98. The van der Waals surface area contributed by atoms with Crippen molar-refractivity contribution in [2.45, 2.75) is 26.9 Å². The van der Waals surface area contributed by atoms with Crippen LogP contribution in [-0.2, 0) is 7.05 Å². The number of hydrogen-bond donors (Lipinski definition) is 2. The molecule has 3 N–H and O–H groups in total. The molecule has 0 fully saturated rings. The molecule has 0 bridgehead atoms. The van der Waals surface area contributed by atoms with E-state index < -0.39 is 6.10 Å². The van der Waals surface area contributed by atoms with Crippen LogP contribution in [0.4, 0.5) is 0 Å². The van der Waals surface area contributed by atoms with Gasteiger partial charge in [0.1, 0.15) is 39.3 Å². The first-order valence-corrected chi connectivity index (χ1v) is 11.7. The molecule has 0 saturated heterocycles. The van der Waals surface area contributed by atoms with Crippen molar-refractivity contribution >= 4 is 39.4 Å². The van der Waals surface area contributed by atoms with E-state index in [1.54, 1.807) is 42.9 Å². The Morgan fingerprint density at radius 2 is 1.97 bits per heavy atom. The van der Waals surface area contributed by atoms with E-state index in [0.29, 0.717) is 39.1 Å². The van der Waals surface area contributed by atoms with E-state index in [1.165, 1.54) is 6.07 Å². The highest BCUT2D eigenvalue weighted by atomic mass is 35.5. The van der Waals surface area contributed by atoms with Crippen LogP contribution in [0.3, 0.4) is 0 Å². The highest BCUT2D eigenvalue weighted by molar-refractivity contribution is 6.29. The van der Waals surface area contributed by atoms with Crippen LogP contribution in [0.15, 0.2) is 57.0 Å². The molecule has 0 aliphatic carbocycles. The number of oxime groups is 1. The Kier molecular flexibility index (Phi) is 6.04. The normalized spacial score (nSPS) is 12.8. The summed E-state index contributed by atoms with van der Waals surface area (Å²) < 4.78 is 14.2. The lowest BCUT2D eigenvalue weighted by molar-refractivity contribution is 0.225. The number of benzene rings is 1. The maximum absolute atomic E-state index is 13.5. The molecule has 4 heterocycles. The minimum absolute atomic E-state index is 0.0887. The predicted octanol–water partition coefficient (Wildman–Crippen LogP) is 4.64. The minimum Gasteiger partial charge on any atom is -0.483 e. The third-order valence-corrected chi connectivity index (χ3v) is 6.23. The fourth-order valence-electron chi connectivity index (χ4n) is 4.27. The van der Waals surface area contributed by atoms with E-state index in [9.17, 15) is 4.79 Å². The molecular formula is C26H23ClN6O4. The molecule has 0 unspecified atom stereocenters. The van der Waals surface area contributed by atoms with Gasteiger partial charge in [-0.15, -0.1) is 0 Å². The van der Waals surface area contributed by atoms with Crippen LogP contribution >= 0.6 is 11.6 Å². The van der Waals surface area contributed by atoms with Gasteiger partial charge in [-0.05, 0) is 62.7 Å². The standard InChI is InChI=1S/C26H23ClN6O4/c1-12-9-15(14(3)36-20-7-8-21(27)30-22(20)26(28)32-35)25-16(10-12)23(34)13(2)24(37-25)18-6-5-17-19(29-18)11-33(4)31-17/h5-11,14,35H,1-4H3,(H2,28,32)/t14-/m1/s1. The van der Waals surface area contributed by atoms with Crippen molar-refractivity contribution in [3.8, 4) is 17.2 Å². The molecule has 5 aromatic rings. The number of amidine groups is 1. The highest BCUT2D eigenvalue weighted by Crippen LogP contribution is 2.33. The first kappa shape index (κ1) is 24.3. The van der Waals surface area contributed by atoms with E-state index in [4.69, 9.17) is 31.7 Å². The number of rotatable bonds is 5. The molecule has 0 amide bonds. The SMILES string of the molecule is Cc1cc([C@@H](C)Oc2ccc(Cl)nc2C(N)=NO)c2oc(-c3ccc4nn(C)cc4n3)c(C)c(=O)c2c1. The van der Waals surface area contributed by atoms with E-state index in [2.05, 4.69) is 20.2 Å². The van der Waals surface area contributed by atoms with E-state index in [1.807, 2.05) is 26.1 Å². The average molecular weight is 519 g/mol. The van der Waals surface area contributed by atoms with Crippen molar-refractivity contribution in [3.05, 3.63) is 80.4 Å². The van der Waals surface area contributed by atoms with Crippen molar-refractivity contribution in [2.75, 3.05) is 0 Å². The average Bonchev–Trinajstić information content (AvgIpc) is 3.25. The van der Waals surface area contributed by atoms with E-state index >= 15 is 0 Å². The van der Waals surface area contributed by atoms with Gasteiger partial charge >= 0.3 is 0 Å². The number of halogens is 1. The van der Waals surface area contributed by atoms with Crippen molar-refractivity contribution in [1.29, 1.82) is 0 Å². The Balaban J connectivity index is 1.66. The second-order valence-corrected chi connectivity index (χ2v) is 9.13. The molecule has 0 saturated carbocycles. The molecule has 10 nitrogen and oxygen atoms in total. The summed E-state index contributed by atoms with van der Waals surface area (Å²) >= 11 is 6.00. The van der Waals surface area contributed by atoms with Gasteiger partial charge in [0, 0.05) is 18.2 Å². The second-order valence-electron chi connectivity index (χ2n) is 8.75. The van der Waals surface area contributed by atoms with Crippen LogP contribution in [0, 0.1) is 13.8 Å². The number of nitrogens with zero attached hydrogens (tertiary/aromatic N) is 5. The monoisotopic (exact) mass is 518 g/mol. The minimum atomic E-state index is -0.608. The Bertz CT molecular complexity index is 1780. The Morgan fingerprint density at radius 1 is 1.19 bits per heavy atom. The summed E-state index contributed by atoms with van der Waals surface area (Å²) in [6.45, 7) is 5.42. The van der Waals surface area contributed by atoms with Gasteiger partial charge in [-0.1, -0.05) is 16.8 Å². The first-order valence-electron chi connectivity index (χ1n) is 11.4. The number of aromatic nitrogens is 4. The second kappa shape index (κ2) is 9.21. The summed E-state index contributed by atoms with van der Waals surface area (Å²) in [4.78, 5) is 22.2. The van der Waals surface area contributed by atoms with Crippen LogP contribution in [0.25, 0.3) is 33.5 Å². The molecule has 11 heteroatoms. The summed E-state index contributed by atoms with van der Waals surface area (Å²) in [6.07, 6.45) is 1.19. The Morgan fingerprint density at radius 3 is 2.73 bits per heavy atom. The van der Waals surface area contributed by atoms with Gasteiger partial charge in [0.25, 0.3) is 0 Å². The summed E-state index contributed by atoms with van der Waals surface area (Å²) in [7, 11) is 1.82. The largest absolute Gasteiger partial charge is 0.483 e. The maximum Gasteiger partial charge on any atom is 0.196 e. The number of aryl methyl sites for hydroxylation is 2. The molecule has 5 rings (SSSR count). The van der Waals surface area contributed by atoms with Crippen molar-refractivity contribution in [1.82, 2.24) is 19.7 Å². The van der Waals surface area contributed by atoms with Crippen LogP contribution < -0.4 is 15.9 Å². The van der Waals surface area contributed by atoms with Crippen molar-refractivity contribution in [3.63, 3.8) is 0 Å². The number of fused-ring (bicyclic) bond motifs is 2. The van der Waals surface area contributed by atoms with Gasteiger partial charge in [0.05, 0.1) is 11.6 Å². The topological polar surface area (TPSA) is 142 Å². The van der Waals surface area contributed by atoms with E-state index in [-0.39, 0.29) is 27.9 Å². The van der Waals surface area contributed by atoms with Gasteiger partial charge in [-0.25, -0.2) is 9.97 Å². The number of ether oxygens (including phenoxy) is 1. The quantitative estimate of drug-likeness (QED) is 0.113. The third kappa shape index (κ3) is 4.36. The highest BCUT2D eigenvalue weighted by Gasteiger charge is 2.22. The van der Waals surface area contributed by atoms with Gasteiger partial charge < -0.3 is 20.1 Å². The maximum atomic E-state index is 13.5.